The van der Waals surface area contributed by atoms with Crippen LogP contribution in [0.3, 0.4) is 0 Å². The van der Waals surface area contributed by atoms with Crippen molar-refractivity contribution in [2.24, 2.45) is 5.73 Å². The molecule has 0 heterocycles. The first-order valence-corrected chi connectivity index (χ1v) is 4.90. The van der Waals surface area contributed by atoms with E-state index >= 15 is 0 Å². The van der Waals surface area contributed by atoms with E-state index in [1.54, 1.807) is 0 Å². The molecule has 64 valence electrons. The quantitative estimate of drug-likeness (QED) is 0.772. The predicted molar refractivity (Wildman–Crippen MR) is 46.5 cm³/mol. The van der Waals surface area contributed by atoms with Crippen molar-refractivity contribution in [2.45, 2.75) is 0 Å². The van der Waals surface area contributed by atoms with Gasteiger partial charge >= 0.3 is 80.2 Å². The van der Waals surface area contributed by atoms with Crippen molar-refractivity contribution in [2.75, 3.05) is 0 Å². The van der Waals surface area contributed by atoms with Crippen LogP contribution in [0.1, 0.15) is 10.4 Å². The maximum atomic E-state index is 12.2. The summed E-state index contributed by atoms with van der Waals surface area (Å²) >= 11 is 4.45. The van der Waals surface area contributed by atoms with Gasteiger partial charge in [-0.2, -0.15) is 0 Å². The summed E-state index contributed by atoms with van der Waals surface area (Å²) in [5.74, 6) is -0.594. The molecule has 0 aliphatic rings. The fourth-order valence-corrected chi connectivity index (χ4v) is 1.85. The zero-order valence-electron chi connectivity index (χ0n) is 5.88. The van der Waals surface area contributed by atoms with Crippen molar-refractivity contribution in [1.29, 1.82) is 0 Å². The molecule has 0 aromatic heterocycles. The van der Waals surface area contributed by atoms with E-state index in [0.717, 1.165) is 0 Å². The third-order valence-electron chi connectivity index (χ3n) is 1.24. The Hall–Kier alpha value is -0.571. The van der Waals surface area contributed by atoms with E-state index in [0.29, 0.717) is 9.48 Å². The second-order valence-corrected chi connectivity index (χ2v) is 3.87. The second-order valence-electron chi connectivity index (χ2n) is 2.12. The van der Waals surface area contributed by atoms with Crippen LogP contribution in [-0.2, 0) is 0 Å². The van der Waals surface area contributed by atoms with Crippen LogP contribution in [0.25, 0.3) is 0 Å². The Morgan fingerprint density at radius 1 is 1.50 bits per heavy atom. The molecule has 1 aromatic rings. The summed E-state index contributed by atoms with van der Waals surface area (Å²) in [5, 5.41) is 0.334. The van der Waals surface area contributed by atoms with Gasteiger partial charge in [0.1, 0.15) is 0 Å². The zero-order chi connectivity index (χ0) is 9.14. The average Bonchev–Trinajstić information content (AvgIpc) is 2.03. The average molecular weight is 253 g/mol. The molecule has 0 aliphatic carbocycles. The first kappa shape index (κ1) is 9.52. The van der Waals surface area contributed by atoms with Crippen LogP contribution in [0, 0.1) is 0 Å². The fraction of sp³-hybridized carbons (Fsp3) is 0. The minimum absolute atomic E-state index is 0.247. The third-order valence-corrected chi connectivity index (χ3v) is 2.33. The molecule has 5 heteroatoms. The molecule has 0 saturated heterocycles. The molecule has 0 atom stereocenters. The zero-order valence-corrected chi connectivity index (χ0v) is 8.35. The maximum absolute atomic E-state index is 12.2. The Morgan fingerprint density at radius 3 is 2.67 bits per heavy atom. The van der Waals surface area contributed by atoms with Crippen LogP contribution >= 0.6 is 11.6 Å². The molecule has 1 amide bonds. The molecule has 0 saturated carbocycles. The molecule has 0 bridgehead atoms. The summed E-state index contributed by atoms with van der Waals surface area (Å²) in [6.45, 7) is 0. The first-order valence-electron chi connectivity index (χ1n) is 3.02. The van der Waals surface area contributed by atoms with Gasteiger partial charge in [0.25, 0.3) is 0 Å². The van der Waals surface area contributed by atoms with Gasteiger partial charge < -0.3 is 0 Å². The Labute approximate surface area is 80.5 Å². The number of nitrogens with two attached hydrogens (primary N) is 1. The summed E-state index contributed by atoms with van der Waals surface area (Å²) in [7, 11) is 0. The van der Waals surface area contributed by atoms with Gasteiger partial charge in [0.2, 0.25) is 0 Å². The van der Waals surface area contributed by atoms with Crippen molar-refractivity contribution < 1.29 is 8.35 Å². The summed E-state index contributed by atoms with van der Waals surface area (Å²) in [6, 6.07) is 4.31. The van der Waals surface area contributed by atoms with E-state index in [2.05, 4.69) is 0 Å². The molecule has 0 aliphatic heterocycles. The number of halogens is 2. The van der Waals surface area contributed by atoms with Crippen molar-refractivity contribution >= 4 is 37.4 Å². The van der Waals surface area contributed by atoms with E-state index in [1.807, 2.05) is 0 Å². The number of amides is 1. The van der Waals surface area contributed by atoms with Crippen LogP contribution in [0.15, 0.2) is 18.2 Å². The SMILES string of the molecule is NC(=O)c1cc(Cl)cc([Se]F)c1. The van der Waals surface area contributed by atoms with E-state index in [9.17, 15) is 8.35 Å². The topological polar surface area (TPSA) is 43.1 Å². The van der Waals surface area contributed by atoms with E-state index < -0.39 is 21.3 Å². The first-order chi connectivity index (χ1) is 5.63. The van der Waals surface area contributed by atoms with Gasteiger partial charge in [0, 0.05) is 0 Å². The molecule has 1 aromatic carbocycles. The van der Waals surface area contributed by atoms with Crippen LogP contribution in [0.5, 0.6) is 0 Å². The summed E-state index contributed by atoms with van der Waals surface area (Å²) in [5.41, 5.74) is 5.24. The van der Waals surface area contributed by atoms with Crippen molar-refractivity contribution in [1.82, 2.24) is 0 Å². The number of hydrogen-bond acceptors (Lipinski definition) is 1. The van der Waals surface area contributed by atoms with E-state index in [-0.39, 0.29) is 5.56 Å². The number of rotatable bonds is 2. The number of carbonyl (C=O) groups is 1. The Kier molecular flexibility index (Phi) is 3.09. The van der Waals surface area contributed by atoms with Gasteiger partial charge in [-0.1, -0.05) is 0 Å². The van der Waals surface area contributed by atoms with Crippen molar-refractivity contribution in [3.8, 4) is 0 Å². The van der Waals surface area contributed by atoms with Gasteiger partial charge in [-0.25, -0.2) is 0 Å². The normalized spacial score (nSPS) is 9.83. The molecule has 2 N–H and O–H groups in total. The van der Waals surface area contributed by atoms with Crippen LogP contribution in [0.4, 0.5) is 3.55 Å². The number of benzene rings is 1. The fourth-order valence-electron chi connectivity index (χ4n) is 0.750. The molecular weight excluding hydrogens is 247 g/mol. The molecule has 0 spiro atoms. The number of hydrogen-bond donors (Lipinski definition) is 1. The van der Waals surface area contributed by atoms with E-state index in [1.165, 1.54) is 18.2 Å². The second kappa shape index (κ2) is 3.90. The van der Waals surface area contributed by atoms with Crippen LogP contribution in [0.2, 0.25) is 5.02 Å². The molecule has 2 nitrogen and oxygen atoms in total. The van der Waals surface area contributed by atoms with Gasteiger partial charge in [-0.05, 0) is 0 Å². The number of carbonyl (C=O) groups excluding carboxylic acids is 1. The molecule has 0 radical (unpaired) electrons. The minimum atomic E-state index is -1.16. The van der Waals surface area contributed by atoms with Crippen molar-refractivity contribution in [3.05, 3.63) is 28.8 Å². The standard InChI is InChI=1S/C7H5ClFNOSe/c8-5-1-4(7(10)11)2-6(3-5)12-9/h1-3H,(H2,10,11). The van der Waals surface area contributed by atoms with Gasteiger partial charge in [0.15, 0.2) is 0 Å². The van der Waals surface area contributed by atoms with Gasteiger partial charge in [-0.15, -0.1) is 0 Å². The Morgan fingerprint density at radius 2 is 2.17 bits per heavy atom. The van der Waals surface area contributed by atoms with Crippen LogP contribution in [-0.4, -0.2) is 21.3 Å². The summed E-state index contributed by atoms with van der Waals surface area (Å²) < 4.78 is 12.6. The molecular formula is C7H5ClFNOSe. The summed E-state index contributed by atoms with van der Waals surface area (Å²) in [4.78, 5) is 10.7. The summed E-state index contributed by atoms with van der Waals surface area (Å²) in [6.07, 6.45) is 0. The molecule has 0 unspecified atom stereocenters. The molecule has 1 rings (SSSR count). The molecule has 12 heavy (non-hydrogen) atoms. The molecule has 0 fully saturated rings. The monoisotopic (exact) mass is 253 g/mol. The van der Waals surface area contributed by atoms with Crippen LogP contribution < -0.4 is 10.2 Å². The van der Waals surface area contributed by atoms with E-state index in [4.69, 9.17) is 17.3 Å². The predicted octanol–water partition coefficient (Wildman–Crippen LogP) is 0.653. The van der Waals surface area contributed by atoms with Gasteiger partial charge in [0.05, 0.1) is 0 Å². The van der Waals surface area contributed by atoms with Gasteiger partial charge in [-0.3, -0.25) is 0 Å². The van der Waals surface area contributed by atoms with Crippen molar-refractivity contribution in [3.63, 3.8) is 0 Å². The Bertz CT molecular complexity index is 318. The number of primary amides is 1. The Balaban J connectivity index is 3.15. The third kappa shape index (κ3) is 2.21.